The molecule has 0 saturated carbocycles. The minimum atomic E-state index is 0.293. The fourth-order valence-electron chi connectivity index (χ4n) is 2.04. The monoisotopic (exact) mass is 265 g/mol. The van der Waals surface area contributed by atoms with E-state index in [1.54, 1.807) is 7.11 Å². The second kappa shape index (κ2) is 8.94. The van der Waals surface area contributed by atoms with Crippen LogP contribution in [-0.2, 0) is 4.74 Å². The molecule has 1 atom stereocenters. The van der Waals surface area contributed by atoms with Gasteiger partial charge in [0.25, 0.3) is 0 Å². The number of hydrogen-bond acceptors (Lipinski definition) is 3. The van der Waals surface area contributed by atoms with Crippen molar-refractivity contribution in [1.29, 1.82) is 0 Å². The molecule has 108 valence electrons. The summed E-state index contributed by atoms with van der Waals surface area (Å²) in [6.45, 7) is 9.06. The van der Waals surface area contributed by atoms with Gasteiger partial charge in [-0.15, -0.1) is 0 Å². The first kappa shape index (κ1) is 16.0. The Morgan fingerprint density at radius 2 is 2.05 bits per heavy atom. The molecule has 0 aliphatic carbocycles. The summed E-state index contributed by atoms with van der Waals surface area (Å²) in [4.78, 5) is 0. The topological polar surface area (TPSA) is 30.5 Å². The lowest BCUT2D eigenvalue weighted by Gasteiger charge is -2.18. The third-order valence-corrected chi connectivity index (χ3v) is 3.12. The van der Waals surface area contributed by atoms with E-state index in [1.165, 1.54) is 11.1 Å². The van der Waals surface area contributed by atoms with E-state index >= 15 is 0 Å². The largest absolute Gasteiger partial charge is 0.496 e. The highest BCUT2D eigenvalue weighted by Crippen LogP contribution is 2.25. The molecule has 0 aliphatic rings. The van der Waals surface area contributed by atoms with Crippen LogP contribution >= 0.6 is 0 Å². The summed E-state index contributed by atoms with van der Waals surface area (Å²) >= 11 is 0. The van der Waals surface area contributed by atoms with E-state index in [2.05, 4.69) is 38.2 Å². The van der Waals surface area contributed by atoms with Crippen molar-refractivity contribution in [2.24, 2.45) is 0 Å². The van der Waals surface area contributed by atoms with Gasteiger partial charge in [-0.3, -0.25) is 0 Å². The summed E-state index contributed by atoms with van der Waals surface area (Å²) in [7, 11) is 1.72. The van der Waals surface area contributed by atoms with Crippen molar-refractivity contribution in [2.75, 3.05) is 26.9 Å². The molecule has 1 aromatic rings. The zero-order chi connectivity index (χ0) is 14.1. The van der Waals surface area contributed by atoms with E-state index in [9.17, 15) is 0 Å². The van der Waals surface area contributed by atoms with Gasteiger partial charge in [0.05, 0.1) is 7.11 Å². The zero-order valence-corrected chi connectivity index (χ0v) is 12.7. The minimum absolute atomic E-state index is 0.293. The summed E-state index contributed by atoms with van der Waals surface area (Å²) < 4.78 is 10.9. The highest BCUT2D eigenvalue weighted by Gasteiger charge is 2.10. The average Bonchev–Trinajstić information content (AvgIpc) is 2.42. The van der Waals surface area contributed by atoms with Crippen LogP contribution in [0.5, 0.6) is 5.75 Å². The molecule has 1 rings (SSSR count). The number of hydrogen-bond donors (Lipinski definition) is 1. The van der Waals surface area contributed by atoms with Gasteiger partial charge in [0.1, 0.15) is 5.75 Å². The van der Waals surface area contributed by atoms with E-state index in [-0.39, 0.29) is 0 Å². The highest BCUT2D eigenvalue weighted by molar-refractivity contribution is 5.38. The second-order valence-corrected chi connectivity index (χ2v) is 4.89. The fraction of sp³-hybridized carbons (Fsp3) is 0.625. The molecular weight excluding hydrogens is 238 g/mol. The Labute approximate surface area is 117 Å². The molecule has 1 N–H and O–H groups in total. The predicted octanol–water partition coefficient (Wildman–Crippen LogP) is 3.47. The van der Waals surface area contributed by atoms with Gasteiger partial charge in [-0.05, 0) is 39.3 Å². The Hall–Kier alpha value is -1.06. The smallest absolute Gasteiger partial charge is 0.123 e. The molecule has 0 spiro atoms. The van der Waals surface area contributed by atoms with Crippen molar-refractivity contribution in [3.8, 4) is 5.75 Å². The van der Waals surface area contributed by atoms with Gasteiger partial charge in [-0.2, -0.15) is 0 Å². The molecule has 0 bridgehead atoms. The van der Waals surface area contributed by atoms with Crippen LogP contribution in [0.1, 0.15) is 43.9 Å². The van der Waals surface area contributed by atoms with Crippen molar-refractivity contribution in [2.45, 2.75) is 39.7 Å². The first-order valence-electron chi connectivity index (χ1n) is 7.14. The van der Waals surface area contributed by atoms with E-state index in [4.69, 9.17) is 9.47 Å². The molecule has 3 nitrogen and oxygen atoms in total. The molecule has 1 aromatic carbocycles. The van der Waals surface area contributed by atoms with Crippen LogP contribution in [0, 0.1) is 6.92 Å². The zero-order valence-electron chi connectivity index (χ0n) is 12.7. The first-order chi connectivity index (χ1) is 9.19. The van der Waals surface area contributed by atoms with Crippen molar-refractivity contribution in [1.82, 2.24) is 5.32 Å². The molecular formula is C16H27NO2. The maximum atomic E-state index is 5.47. The Kier molecular flexibility index (Phi) is 7.53. The molecule has 0 aromatic heterocycles. The number of methoxy groups -OCH3 is 1. The van der Waals surface area contributed by atoms with Gasteiger partial charge >= 0.3 is 0 Å². The molecule has 0 amide bonds. The fourth-order valence-corrected chi connectivity index (χ4v) is 2.04. The Morgan fingerprint density at radius 3 is 2.74 bits per heavy atom. The van der Waals surface area contributed by atoms with E-state index in [0.29, 0.717) is 6.04 Å². The average molecular weight is 265 g/mol. The number of nitrogens with one attached hydrogen (secondary N) is 1. The summed E-state index contributed by atoms with van der Waals surface area (Å²) in [6.07, 6.45) is 2.13. The normalized spacial score (nSPS) is 12.4. The lowest BCUT2D eigenvalue weighted by atomic mass is 10.0. The van der Waals surface area contributed by atoms with Gasteiger partial charge in [0.15, 0.2) is 0 Å². The van der Waals surface area contributed by atoms with E-state index in [1.807, 2.05) is 6.07 Å². The quantitative estimate of drug-likeness (QED) is 0.693. The van der Waals surface area contributed by atoms with Crippen LogP contribution in [0.2, 0.25) is 0 Å². The highest BCUT2D eigenvalue weighted by atomic mass is 16.5. The maximum absolute atomic E-state index is 5.47. The lowest BCUT2D eigenvalue weighted by molar-refractivity contribution is 0.131. The number of benzene rings is 1. The molecule has 0 aliphatic heterocycles. The second-order valence-electron chi connectivity index (χ2n) is 4.89. The Bertz CT molecular complexity index is 366. The number of ether oxygens (including phenoxy) is 2. The van der Waals surface area contributed by atoms with Crippen molar-refractivity contribution in [3.63, 3.8) is 0 Å². The van der Waals surface area contributed by atoms with Crippen LogP contribution in [0.4, 0.5) is 0 Å². The molecule has 0 fully saturated rings. The first-order valence-corrected chi connectivity index (χ1v) is 7.14. The third kappa shape index (κ3) is 5.62. The summed E-state index contributed by atoms with van der Waals surface area (Å²) in [5.41, 5.74) is 2.48. The molecule has 0 heterocycles. The van der Waals surface area contributed by atoms with Gasteiger partial charge in [-0.25, -0.2) is 0 Å². The van der Waals surface area contributed by atoms with Crippen molar-refractivity contribution < 1.29 is 9.47 Å². The number of rotatable bonds is 9. The predicted molar refractivity (Wildman–Crippen MR) is 79.9 cm³/mol. The van der Waals surface area contributed by atoms with Crippen molar-refractivity contribution >= 4 is 0 Å². The molecule has 3 heteroatoms. The minimum Gasteiger partial charge on any atom is -0.496 e. The van der Waals surface area contributed by atoms with Crippen LogP contribution in [-0.4, -0.2) is 26.9 Å². The SMILES string of the molecule is CCCOCCCNC(C)c1cc(C)ccc1OC. The van der Waals surface area contributed by atoms with Gasteiger partial charge < -0.3 is 14.8 Å². The van der Waals surface area contributed by atoms with Gasteiger partial charge in [0.2, 0.25) is 0 Å². The Balaban J connectivity index is 2.40. The maximum Gasteiger partial charge on any atom is 0.123 e. The lowest BCUT2D eigenvalue weighted by Crippen LogP contribution is -2.21. The van der Waals surface area contributed by atoms with Crippen LogP contribution in [0.15, 0.2) is 18.2 Å². The van der Waals surface area contributed by atoms with Gasteiger partial charge in [-0.1, -0.05) is 24.6 Å². The summed E-state index contributed by atoms with van der Waals surface area (Å²) in [6, 6.07) is 6.59. The van der Waals surface area contributed by atoms with Crippen molar-refractivity contribution in [3.05, 3.63) is 29.3 Å². The van der Waals surface area contributed by atoms with Crippen LogP contribution in [0.25, 0.3) is 0 Å². The molecule has 1 unspecified atom stereocenters. The van der Waals surface area contributed by atoms with Gasteiger partial charge in [0, 0.05) is 24.8 Å². The van der Waals surface area contributed by atoms with E-state index in [0.717, 1.165) is 38.3 Å². The molecule has 0 radical (unpaired) electrons. The summed E-state index contributed by atoms with van der Waals surface area (Å²) in [5, 5.41) is 3.52. The standard InChI is InChI=1S/C16H27NO2/c1-5-10-19-11-6-9-17-14(3)15-12-13(2)7-8-16(15)18-4/h7-8,12,14,17H,5-6,9-11H2,1-4H3. The van der Waals surface area contributed by atoms with E-state index < -0.39 is 0 Å². The van der Waals surface area contributed by atoms with Crippen LogP contribution in [0.3, 0.4) is 0 Å². The molecule has 0 saturated heterocycles. The summed E-state index contributed by atoms with van der Waals surface area (Å²) in [5.74, 6) is 0.952. The number of aryl methyl sites for hydroxylation is 1. The Morgan fingerprint density at radius 1 is 1.26 bits per heavy atom. The van der Waals surface area contributed by atoms with Crippen LogP contribution < -0.4 is 10.1 Å². The molecule has 19 heavy (non-hydrogen) atoms. The third-order valence-electron chi connectivity index (χ3n) is 3.12.